The van der Waals surface area contributed by atoms with Gasteiger partial charge in [0.2, 0.25) is 12.1 Å². The van der Waals surface area contributed by atoms with Crippen LogP contribution in [0, 0.1) is 0 Å². The number of fused-ring (bicyclic) bond motifs is 3. The van der Waals surface area contributed by atoms with Gasteiger partial charge >= 0.3 is 0 Å². The van der Waals surface area contributed by atoms with Crippen molar-refractivity contribution < 1.29 is 19.1 Å². The largest absolute Gasteiger partial charge is 0.349 e. The number of amides is 1. The number of carbonyl (C=O) groups is 2. The second-order valence-electron chi connectivity index (χ2n) is 9.24. The van der Waals surface area contributed by atoms with Crippen molar-refractivity contribution in [1.29, 1.82) is 0 Å². The molecular formula is C25H32N6O4S. The maximum atomic E-state index is 13.7. The Bertz CT molecular complexity index is 1340. The second kappa shape index (κ2) is 9.87. The Morgan fingerprint density at radius 2 is 1.92 bits per heavy atom. The smallest absolute Gasteiger partial charge is 0.271 e. The number of ether oxygens (including phenoxy) is 2. The zero-order valence-electron chi connectivity index (χ0n) is 21.3. The number of aromatic nitrogens is 4. The summed E-state index contributed by atoms with van der Waals surface area (Å²) in [5.74, 6) is 0.288. The van der Waals surface area contributed by atoms with E-state index in [9.17, 15) is 9.59 Å². The van der Waals surface area contributed by atoms with E-state index < -0.39 is 6.29 Å². The summed E-state index contributed by atoms with van der Waals surface area (Å²) in [6.45, 7) is 2.63. The molecule has 1 amide bonds. The standard InChI is InChI=1S/C25H32N6O4S/c1-6-30-17(24(33)31(14-7-8-14)15-9-10-15)11-16-21-20(26-13-29(21)2)22(28-23(16)30)27-19(36-5)12-18(32)25(34-3)35-4/h11-15,25H,6-10H2,1-5H3,(H,27,28). The molecule has 36 heavy (non-hydrogen) atoms. The molecule has 10 nitrogen and oxygen atoms in total. The first kappa shape index (κ1) is 24.8. The van der Waals surface area contributed by atoms with Crippen molar-refractivity contribution in [2.45, 2.75) is 57.5 Å². The van der Waals surface area contributed by atoms with Gasteiger partial charge in [-0.15, -0.1) is 11.8 Å². The molecule has 2 aliphatic carbocycles. The van der Waals surface area contributed by atoms with Crippen LogP contribution in [0.4, 0.5) is 5.82 Å². The summed E-state index contributed by atoms with van der Waals surface area (Å²) >= 11 is 1.37. The minimum Gasteiger partial charge on any atom is -0.349 e. The van der Waals surface area contributed by atoms with Crippen LogP contribution in [0.25, 0.3) is 22.1 Å². The molecule has 0 atom stereocenters. The van der Waals surface area contributed by atoms with E-state index in [2.05, 4.69) is 15.2 Å². The summed E-state index contributed by atoms with van der Waals surface area (Å²) < 4.78 is 14.1. The number of aryl methyl sites for hydroxylation is 2. The van der Waals surface area contributed by atoms with Crippen LogP contribution in [0.1, 0.15) is 43.1 Å². The lowest BCUT2D eigenvalue weighted by Gasteiger charge is -2.22. The Kier molecular flexibility index (Phi) is 6.80. The van der Waals surface area contributed by atoms with Gasteiger partial charge in [0.1, 0.15) is 16.9 Å². The number of hydrogen-bond donors (Lipinski definition) is 1. The van der Waals surface area contributed by atoms with E-state index in [0.29, 0.717) is 46.3 Å². The van der Waals surface area contributed by atoms with Crippen LogP contribution in [-0.2, 0) is 27.9 Å². The Morgan fingerprint density at radius 1 is 1.25 bits per heavy atom. The highest BCUT2D eigenvalue weighted by molar-refractivity contribution is 8.02. The summed E-state index contributed by atoms with van der Waals surface area (Å²) in [5.41, 5.74) is 2.93. The van der Waals surface area contributed by atoms with Gasteiger partial charge in [0, 0.05) is 51.4 Å². The van der Waals surface area contributed by atoms with Crippen LogP contribution in [-0.4, -0.2) is 74.5 Å². The SMILES string of the molecule is CCn1c(C(=O)N(C2CC2)C2CC2)cc2c3c(ncn3C)c(NC(=CC(=O)C(OC)OC)SC)nc21. The average molecular weight is 513 g/mol. The molecule has 11 heteroatoms. The van der Waals surface area contributed by atoms with E-state index in [4.69, 9.17) is 14.5 Å². The molecule has 3 aromatic heterocycles. The molecule has 3 heterocycles. The molecule has 0 aliphatic heterocycles. The predicted octanol–water partition coefficient (Wildman–Crippen LogP) is 3.51. The molecule has 2 aliphatic rings. The summed E-state index contributed by atoms with van der Waals surface area (Å²) in [4.78, 5) is 37.9. The first-order valence-electron chi connectivity index (χ1n) is 12.2. The van der Waals surface area contributed by atoms with E-state index in [1.807, 2.05) is 35.4 Å². The highest BCUT2D eigenvalue weighted by Gasteiger charge is 2.43. The topological polar surface area (TPSA) is 104 Å². The molecule has 2 saturated carbocycles. The molecular weight excluding hydrogens is 480 g/mol. The van der Waals surface area contributed by atoms with Crippen molar-refractivity contribution in [2.75, 3.05) is 25.8 Å². The summed E-state index contributed by atoms with van der Waals surface area (Å²) in [7, 11) is 4.77. The molecule has 2 fully saturated rings. The molecule has 1 N–H and O–H groups in total. The Hall–Kier alpha value is -2.89. The number of thioether (sulfide) groups is 1. The van der Waals surface area contributed by atoms with Crippen LogP contribution in [0.15, 0.2) is 23.5 Å². The highest BCUT2D eigenvalue weighted by atomic mass is 32.2. The molecule has 0 aromatic carbocycles. The number of anilines is 1. The van der Waals surface area contributed by atoms with Gasteiger partial charge in [-0.25, -0.2) is 9.97 Å². The van der Waals surface area contributed by atoms with Gasteiger partial charge in [0.05, 0.1) is 16.9 Å². The van der Waals surface area contributed by atoms with E-state index in [1.54, 1.807) is 6.33 Å². The lowest BCUT2D eigenvalue weighted by atomic mass is 10.2. The lowest BCUT2D eigenvalue weighted by Crippen LogP contribution is -2.36. The van der Waals surface area contributed by atoms with Crippen molar-refractivity contribution in [3.05, 3.63) is 29.2 Å². The van der Waals surface area contributed by atoms with Gasteiger partial charge in [-0.05, 0) is 44.9 Å². The lowest BCUT2D eigenvalue weighted by molar-refractivity contribution is -0.151. The quantitative estimate of drug-likeness (QED) is 0.308. The van der Waals surface area contributed by atoms with Crippen LogP contribution in [0.3, 0.4) is 0 Å². The van der Waals surface area contributed by atoms with Gasteiger partial charge < -0.3 is 28.8 Å². The Morgan fingerprint density at radius 3 is 2.47 bits per heavy atom. The number of hydrogen-bond acceptors (Lipinski definition) is 8. The third-order valence-electron chi connectivity index (χ3n) is 6.75. The van der Waals surface area contributed by atoms with Crippen molar-refractivity contribution in [3.63, 3.8) is 0 Å². The number of nitrogens with zero attached hydrogens (tertiary/aromatic N) is 5. The number of pyridine rings is 1. The fourth-order valence-corrected chi connectivity index (χ4v) is 5.19. The molecule has 5 rings (SSSR count). The van der Waals surface area contributed by atoms with E-state index in [0.717, 1.165) is 36.6 Å². The van der Waals surface area contributed by atoms with E-state index >= 15 is 0 Å². The van der Waals surface area contributed by atoms with Gasteiger partial charge in [0.25, 0.3) is 5.91 Å². The first-order valence-corrected chi connectivity index (χ1v) is 13.4. The van der Waals surface area contributed by atoms with E-state index in [1.165, 1.54) is 32.1 Å². The maximum absolute atomic E-state index is 13.7. The van der Waals surface area contributed by atoms with Crippen LogP contribution < -0.4 is 5.32 Å². The van der Waals surface area contributed by atoms with Gasteiger partial charge in [-0.1, -0.05) is 0 Å². The van der Waals surface area contributed by atoms with Crippen LogP contribution >= 0.6 is 11.8 Å². The molecule has 0 unspecified atom stereocenters. The molecule has 0 saturated heterocycles. The summed E-state index contributed by atoms with van der Waals surface area (Å²) in [6.07, 6.45) is 8.41. The van der Waals surface area contributed by atoms with Crippen LogP contribution in [0.2, 0.25) is 0 Å². The fraction of sp³-hybridized carbons (Fsp3) is 0.520. The molecule has 0 spiro atoms. The van der Waals surface area contributed by atoms with Gasteiger partial charge in [-0.2, -0.15) is 0 Å². The Labute approximate surface area is 214 Å². The second-order valence-corrected chi connectivity index (χ2v) is 10.1. The summed E-state index contributed by atoms with van der Waals surface area (Å²) in [5, 5.41) is 4.74. The molecule has 3 aromatic rings. The van der Waals surface area contributed by atoms with Gasteiger partial charge in [0.15, 0.2) is 5.82 Å². The molecule has 192 valence electrons. The minimum atomic E-state index is -0.981. The van der Waals surface area contributed by atoms with Crippen LogP contribution in [0.5, 0.6) is 0 Å². The molecule has 0 radical (unpaired) electrons. The fourth-order valence-electron chi connectivity index (χ4n) is 4.75. The predicted molar refractivity (Wildman–Crippen MR) is 140 cm³/mol. The van der Waals surface area contributed by atoms with Crippen molar-refractivity contribution >= 4 is 51.3 Å². The van der Waals surface area contributed by atoms with E-state index in [-0.39, 0.29) is 11.7 Å². The number of rotatable bonds is 11. The van der Waals surface area contributed by atoms with Gasteiger partial charge in [-0.3, -0.25) is 9.59 Å². The maximum Gasteiger partial charge on any atom is 0.271 e. The van der Waals surface area contributed by atoms with Crippen molar-refractivity contribution in [2.24, 2.45) is 7.05 Å². The number of ketones is 1. The number of nitrogens with one attached hydrogen (secondary N) is 1. The Balaban J connectivity index is 1.60. The number of methoxy groups -OCH3 is 2. The van der Waals surface area contributed by atoms with Crippen molar-refractivity contribution in [1.82, 2.24) is 24.0 Å². The zero-order valence-corrected chi connectivity index (χ0v) is 22.1. The first-order chi connectivity index (χ1) is 17.4. The average Bonchev–Trinajstić information content (AvgIpc) is 3.80. The number of imidazole rings is 1. The third-order valence-corrected chi connectivity index (χ3v) is 7.41. The zero-order chi connectivity index (χ0) is 25.6. The minimum absolute atomic E-state index is 0.0881. The third kappa shape index (κ3) is 4.39. The molecule has 0 bridgehead atoms. The highest BCUT2D eigenvalue weighted by Crippen LogP contribution is 2.39. The van der Waals surface area contributed by atoms with Crippen molar-refractivity contribution in [3.8, 4) is 0 Å². The number of carbonyl (C=O) groups excluding carboxylic acids is 2. The summed E-state index contributed by atoms with van der Waals surface area (Å²) in [6, 6.07) is 2.70. The monoisotopic (exact) mass is 512 g/mol. The normalized spacial score (nSPS) is 16.3.